The van der Waals surface area contributed by atoms with Crippen LogP contribution in [0.2, 0.25) is 5.02 Å². The van der Waals surface area contributed by atoms with Crippen molar-refractivity contribution in [1.29, 1.82) is 0 Å². The van der Waals surface area contributed by atoms with Crippen molar-refractivity contribution < 1.29 is 14.3 Å². The smallest absolute Gasteiger partial charge is 0.317 e. The van der Waals surface area contributed by atoms with E-state index in [0.717, 1.165) is 43.8 Å². The lowest BCUT2D eigenvalue weighted by atomic mass is 9.99. The molecule has 1 aromatic heterocycles. The molecule has 10 heteroatoms. The van der Waals surface area contributed by atoms with Gasteiger partial charge in [0.1, 0.15) is 5.01 Å². The van der Waals surface area contributed by atoms with E-state index in [2.05, 4.69) is 20.8 Å². The van der Waals surface area contributed by atoms with E-state index in [9.17, 15) is 9.59 Å². The number of halogens is 1. The predicted octanol–water partition coefficient (Wildman–Crippen LogP) is 3.51. The molecule has 4 rings (SSSR count). The number of piperidine rings is 1. The first-order valence-corrected chi connectivity index (χ1v) is 11.3. The van der Waals surface area contributed by atoms with Crippen molar-refractivity contribution in [3.05, 3.63) is 39.3 Å². The molecule has 2 saturated heterocycles. The minimum absolute atomic E-state index is 0.0691. The van der Waals surface area contributed by atoms with Crippen LogP contribution in [0.1, 0.15) is 46.4 Å². The van der Waals surface area contributed by atoms with Gasteiger partial charge >= 0.3 is 6.03 Å². The molecule has 2 aliphatic heterocycles. The van der Waals surface area contributed by atoms with Gasteiger partial charge in [-0.25, -0.2) is 4.79 Å². The highest BCUT2D eigenvalue weighted by Gasteiger charge is 2.28. The van der Waals surface area contributed by atoms with Gasteiger partial charge in [-0.3, -0.25) is 4.79 Å². The Morgan fingerprint density at radius 1 is 1.20 bits per heavy atom. The van der Waals surface area contributed by atoms with E-state index in [0.29, 0.717) is 28.8 Å². The minimum atomic E-state index is -0.303. The monoisotopic (exact) mass is 449 g/mol. The number of ether oxygens (including phenoxy) is 1. The molecule has 3 amide bonds. The van der Waals surface area contributed by atoms with Crippen molar-refractivity contribution in [2.24, 2.45) is 0 Å². The van der Waals surface area contributed by atoms with E-state index in [1.54, 1.807) is 24.3 Å². The molecule has 0 spiro atoms. The molecule has 0 radical (unpaired) electrons. The lowest BCUT2D eigenvalue weighted by molar-refractivity contribution is 0.102. The minimum Gasteiger partial charge on any atom is -0.376 e. The van der Waals surface area contributed by atoms with Gasteiger partial charge in [0, 0.05) is 42.9 Å². The van der Waals surface area contributed by atoms with Crippen LogP contribution in [-0.2, 0) is 4.74 Å². The second-order valence-electron chi connectivity index (χ2n) is 7.51. The Morgan fingerprint density at radius 3 is 2.80 bits per heavy atom. The summed E-state index contributed by atoms with van der Waals surface area (Å²) in [5.41, 5.74) is 0.646. The van der Waals surface area contributed by atoms with Crippen molar-refractivity contribution in [3.8, 4) is 0 Å². The maximum absolute atomic E-state index is 12.5. The SMILES string of the molecule is O=C(Nc1ccc(Cl)cc1)c1nnc([C@@H]2CCCN(C(=O)NC[C@@H]3CCCO3)C2)s1. The van der Waals surface area contributed by atoms with Crippen LogP contribution in [0.3, 0.4) is 0 Å². The lowest BCUT2D eigenvalue weighted by Crippen LogP contribution is -2.46. The van der Waals surface area contributed by atoms with Gasteiger partial charge < -0.3 is 20.3 Å². The molecule has 2 atom stereocenters. The first-order valence-electron chi connectivity index (χ1n) is 10.1. The normalized spacial score (nSPS) is 21.4. The molecule has 160 valence electrons. The molecule has 8 nitrogen and oxygen atoms in total. The summed E-state index contributed by atoms with van der Waals surface area (Å²) in [5.74, 6) is -0.218. The molecule has 1 aromatic carbocycles. The summed E-state index contributed by atoms with van der Waals surface area (Å²) in [6, 6.07) is 6.82. The summed E-state index contributed by atoms with van der Waals surface area (Å²) in [7, 11) is 0. The van der Waals surface area contributed by atoms with Gasteiger partial charge in [-0.1, -0.05) is 22.9 Å². The van der Waals surface area contributed by atoms with Crippen molar-refractivity contribution in [2.75, 3.05) is 31.6 Å². The summed E-state index contributed by atoms with van der Waals surface area (Å²) < 4.78 is 5.56. The van der Waals surface area contributed by atoms with Crippen molar-refractivity contribution in [2.45, 2.75) is 37.7 Å². The number of nitrogens with one attached hydrogen (secondary N) is 2. The van der Waals surface area contributed by atoms with E-state index in [1.807, 2.05) is 4.90 Å². The quantitative estimate of drug-likeness (QED) is 0.728. The summed E-state index contributed by atoms with van der Waals surface area (Å²) in [6.07, 6.45) is 3.98. The number of anilines is 1. The summed E-state index contributed by atoms with van der Waals surface area (Å²) in [4.78, 5) is 26.8. The van der Waals surface area contributed by atoms with Crippen molar-refractivity contribution >= 4 is 40.6 Å². The molecule has 30 heavy (non-hydrogen) atoms. The Morgan fingerprint density at radius 2 is 2.03 bits per heavy atom. The topological polar surface area (TPSA) is 96.5 Å². The van der Waals surface area contributed by atoms with Crippen LogP contribution in [-0.4, -0.2) is 59.4 Å². The van der Waals surface area contributed by atoms with Crippen LogP contribution in [0.5, 0.6) is 0 Å². The number of nitrogens with zero attached hydrogens (tertiary/aromatic N) is 3. The third-order valence-corrected chi connectivity index (χ3v) is 6.64. The number of rotatable bonds is 5. The van der Waals surface area contributed by atoms with Crippen molar-refractivity contribution in [1.82, 2.24) is 20.4 Å². The Bertz CT molecular complexity index is 885. The number of benzene rings is 1. The molecule has 2 aromatic rings. The highest BCUT2D eigenvalue weighted by atomic mass is 35.5. The predicted molar refractivity (Wildman–Crippen MR) is 115 cm³/mol. The average Bonchev–Trinajstić information content (AvgIpc) is 3.46. The number of carbonyl (C=O) groups is 2. The zero-order chi connectivity index (χ0) is 20.9. The van der Waals surface area contributed by atoms with Crippen LogP contribution in [0, 0.1) is 0 Å². The molecule has 3 heterocycles. The van der Waals surface area contributed by atoms with Gasteiger partial charge in [0.05, 0.1) is 6.10 Å². The third kappa shape index (κ3) is 5.27. The van der Waals surface area contributed by atoms with Gasteiger partial charge in [0.25, 0.3) is 5.91 Å². The molecular weight excluding hydrogens is 426 g/mol. The number of amides is 3. The number of likely N-dealkylation sites (tertiary alicyclic amines) is 1. The Kier molecular flexibility index (Phi) is 6.81. The Labute approximate surface area is 184 Å². The highest BCUT2D eigenvalue weighted by molar-refractivity contribution is 7.13. The van der Waals surface area contributed by atoms with E-state index in [-0.39, 0.29) is 24.0 Å². The standard InChI is InChI=1S/C20H24ClN5O3S/c21-14-5-7-15(8-6-14)23-17(27)19-25-24-18(30-19)13-3-1-9-26(12-13)20(28)22-11-16-4-2-10-29-16/h5-8,13,16H,1-4,9-12H2,(H,22,28)(H,23,27)/t13-,16+/m1/s1. The number of hydrogen-bond donors (Lipinski definition) is 2. The zero-order valence-electron chi connectivity index (χ0n) is 16.5. The highest BCUT2D eigenvalue weighted by Crippen LogP contribution is 2.29. The van der Waals surface area contributed by atoms with Crippen LogP contribution in [0.4, 0.5) is 10.5 Å². The van der Waals surface area contributed by atoms with Crippen molar-refractivity contribution in [3.63, 3.8) is 0 Å². The molecule has 0 bridgehead atoms. The van der Waals surface area contributed by atoms with E-state index < -0.39 is 0 Å². The second-order valence-corrected chi connectivity index (χ2v) is 8.96. The van der Waals surface area contributed by atoms with E-state index >= 15 is 0 Å². The molecule has 0 aliphatic carbocycles. The zero-order valence-corrected chi connectivity index (χ0v) is 18.0. The lowest BCUT2D eigenvalue weighted by Gasteiger charge is -2.31. The van der Waals surface area contributed by atoms with Gasteiger partial charge in [-0.2, -0.15) is 0 Å². The summed E-state index contributed by atoms with van der Waals surface area (Å²) >= 11 is 7.15. The van der Waals surface area contributed by atoms with Gasteiger partial charge in [-0.05, 0) is 49.9 Å². The fourth-order valence-electron chi connectivity index (χ4n) is 3.69. The van der Waals surface area contributed by atoms with Gasteiger partial charge in [0.15, 0.2) is 0 Å². The molecule has 2 N–H and O–H groups in total. The fourth-order valence-corrected chi connectivity index (χ4v) is 4.68. The molecular formula is C20H24ClN5O3S. The first-order chi connectivity index (χ1) is 14.6. The van der Waals surface area contributed by atoms with Crippen LogP contribution < -0.4 is 10.6 Å². The number of hydrogen-bond acceptors (Lipinski definition) is 6. The maximum Gasteiger partial charge on any atom is 0.317 e. The summed E-state index contributed by atoms with van der Waals surface area (Å²) in [5, 5.41) is 15.8. The molecule has 2 fully saturated rings. The van der Waals surface area contributed by atoms with Crippen LogP contribution >= 0.6 is 22.9 Å². The van der Waals surface area contributed by atoms with Crippen LogP contribution in [0.25, 0.3) is 0 Å². The number of urea groups is 1. The average molecular weight is 450 g/mol. The fraction of sp³-hybridized carbons (Fsp3) is 0.500. The first kappa shape index (κ1) is 21.0. The number of aromatic nitrogens is 2. The third-order valence-electron chi connectivity index (χ3n) is 5.30. The second kappa shape index (κ2) is 9.72. The Balaban J connectivity index is 1.32. The Hall–Kier alpha value is -2.23. The summed E-state index contributed by atoms with van der Waals surface area (Å²) in [6.45, 7) is 2.62. The van der Waals surface area contributed by atoms with Crippen LogP contribution in [0.15, 0.2) is 24.3 Å². The molecule has 0 saturated carbocycles. The van der Waals surface area contributed by atoms with E-state index in [1.165, 1.54) is 11.3 Å². The largest absolute Gasteiger partial charge is 0.376 e. The molecule has 0 unspecified atom stereocenters. The maximum atomic E-state index is 12.5. The number of carbonyl (C=O) groups excluding carboxylic acids is 2. The molecule has 2 aliphatic rings. The van der Waals surface area contributed by atoms with Gasteiger partial charge in [0.2, 0.25) is 5.01 Å². The van der Waals surface area contributed by atoms with E-state index in [4.69, 9.17) is 16.3 Å². The van der Waals surface area contributed by atoms with Gasteiger partial charge in [-0.15, -0.1) is 10.2 Å².